The molecule has 0 saturated heterocycles. The number of aliphatic hydroxyl groups excluding tert-OH is 2. The minimum atomic E-state index is -0.509. The van der Waals surface area contributed by atoms with Crippen molar-refractivity contribution < 1.29 is 10.2 Å². The zero-order chi connectivity index (χ0) is 7.70. The fraction of sp³-hybridized carbons (Fsp3) is 0.833. The van der Waals surface area contributed by atoms with Crippen LogP contribution in [0, 0.1) is 11.3 Å². The third kappa shape index (κ3) is 18.7. The molecule has 2 N–H and O–H groups in total. The van der Waals surface area contributed by atoms with E-state index in [-0.39, 0.29) is 6.61 Å². The van der Waals surface area contributed by atoms with Crippen LogP contribution in [0.3, 0.4) is 0 Å². The SMILES string of the molecule is CC#N.CCC(O)CO. The summed E-state index contributed by atoms with van der Waals surface area (Å²) < 4.78 is 0. The van der Waals surface area contributed by atoms with Gasteiger partial charge in [-0.15, -0.1) is 0 Å². The average molecular weight is 131 g/mol. The third-order valence-corrected chi connectivity index (χ3v) is 0.682. The van der Waals surface area contributed by atoms with Gasteiger partial charge in [0.1, 0.15) is 0 Å². The molecule has 9 heavy (non-hydrogen) atoms. The van der Waals surface area contributed by atoms with E-state index in [2.05, 4.69) is 0 Å². The van der Waals surface area contributed by atoms with Crippen LogP contribution in [-0.2, 0) is 0 Å². The summed E-state index contributed by atoms with van der Waals surface area (Å²) in [4.78, 5) is 0. The van der Waals surface area contributed by atoms with Crippen LogP contribution in [-0.4, -0.2) is 22.9 Å². The molecule has 0 heterocycles. The van der Waals surface area contributed by atoms with Crippen molar-refractivity contribution in [3.8, 4) is 6.07 Å². The molecule has 1 atom stereocenters. The maximum Gasteiger partial charge on any atom is 0.0768 e. The lowest BCUT2D eigenvalue weighted by Gasteiger charge is -1.97. The zero-order valence-corrected chi connectivity index (χ0v) is 5.83. The summed E-state index contributed by atoms with van der Waals surface area (Å²) in [7, 11) is 0. The molecule has 0 aliphatic heterocycles. The van der Waals surface area contributed by atoms with Crippen molar-refractivity contribution in [1.29, 1.82) is 5.26 Å². The van der Waals surface area contributed by atoms with Gasteiger partial charge in [-0.25, -0.2) is 0 Å². The van der Waals surface area contributed by atoms with E-state index in [4.69, 9.17) is 15.5 Å². The van der Waals surface area contributed by atoms with Crippen LogP contribution < -0.4 is 0 Å². The Labute approximate surface area is 55.6 Å². The van der Waals surface area contributed by atoms with E-state index in [1.54, 1.807) is 6.07 Å². The first-order valence-corrected chi connectivity index (χ1v) is 2.82. The highest BCUT2D eigenvalue weighted by Crippen LogP contribution is 1.83. The van der Waals surface area contributed by atoms with Gasteiger partial charge in [0.15, 0.2) is 0 Å². The molecular weight excluding hydrogens is 118 g/mol. The number of nitriles is 1. The Kier molecular flexibility index (Phi) is 13.0. The normalized spacial score (nSPS) is 10.6. The summed E-state index contributed by atoms with van der Waals surface area (Å²) in [5.74, 6) is 0. The molecule has 0 amide bonds. The predicted octanol–water partition coefficient (Wildman–Crippen LogP) is 0.279. The molecule has 0 saturated carbocycles. The van der Waals surface area contributed by atoms with Crippen LogP contribution >= 0.6 is 0 Å². The first-order valence-electron chi connectivity index (χ1n) is 2.82. The fourth-order valence-electron chi connectivity index (χ4n) is 0.129. The summed E-state index contributed by atoms with van der Waals surface area (Å²) in [5, 5.41) is 23.8. The van der Waals surface area contributed by atoms with Crippen molar-refractivity contribution >= 4 is 0 Å². The number of hydrogen-bond acceptors (Lipinski definition) is 3. The van der Waals surface area contributed by atoms with Crippen LogP contribution in [0.15, 0.2) is 0 Å². The maximum atomic E-state index is 8.42. The Balaban J connectivity index is 0. The molecule has 0 aliphatic rings. The van der Waals surface area contributed by atoms with Crippen LogP contribution in [0.25, 0.3) is 0 Å². The van der Waals surface area contributed by atoms with E-state index in [0.29, 0.717) is 6.42 Å². The molecule has 0 aromatic heterocycles. The second kappa shape index (κ2) is 10.4. The average Bonchev–Trinajstić information content (AvgIpc) is 1.88. The molecule has 0 rings (SSSR count). The van der Waals surface area contributed by atoms with Crippen molar-refractivity contribution in [1.82, 2.24) is 0 Å². The van der Waals surface area contributed by atoms with Gasteiger partial charge >= 0.3 is 0 Å². The number of aliphatic hydroxyl groups is 2. The van der Waals surface area contributed by atoms with Gasteiger partial charge in [-0.05, 0) is 6.42 Å². The monoisotopic (exact) mass is 131 g/mol. The molecule has 0 radical (unpaired) electrons. The second-order valence-corrected chi connectivity index (χ2v) is 1.47. The standard InChI is InChI=1S/C4H10O2.C2H3N/c1-2-4(6)3-5;1-2-3/h4-6H,2-3H2,1H3;1H3. The highest BCUT2D eigenvalue weighted by atomic mass is 16.3. The van der Waals surface area contributed by atoms with Crippen molar-refractivity contribution in [3.05, 3.63) is 0 Å². The lowest BCUT2D eigenvalue weighted by atomic mass is 10.3. The van der Waals surface area contributed by atoms with Gasteiger partial charge < -0.3 is 10.2 Å². The molecule has 0 fully saturated rings. The predicted molar refractivity (Wildman–Crippen MR) is 34.7 cm³/mol. The zero-order valence-electron chi connectivity index (χ0n) is 5.83. The number of hydrogen-bond donors (Lipinski definition) is 2. The number of nitrogens with zero attached hydrogens (tertiary/aromatic N) is 1. The minimum absolute atomic E-state index is 0.115. The van der Waals surface area contributed by atoms with E-state index in [1.165, 1.54) is 6.92 Å². The topological polar surface area (TPSA) is 64.2 Å². The van der Waals surface area contributed by atoms with E-state index in [0.717, 1.165) is 0 Å². The molecule has 1 unspecified atom stereocenters. The summed E-state index contributed by atoms with van der Waals surface area (Å²) in [5.41, 5.74) is 0. The largest absolute Gasteiger partial charge is 0.394 e. The van der Waals surface area contributed by atoms with E-state index in [1.807, 2.05) is 6.92 Å². The Hall–Kier alpha value is -0.590. The molecule has 0 aromatic carbocycles. The van der Waals surface area contributed by atoms with Crippen LogP contribution in [0.5, 0.6) is 0 Å². The Morgan fingerprint density at radius 2 is 2.00 bits per heavy atom. The molecule has 0 aliphatic carbocycles. The fourth-order valence-corrected chi connectivity index (χ4v) is 0.129. The summed E-state index contributed by atoms with van der Waals surface area (Å²) in [6.45, 7) is 3.14. The molecule has 0 bridgehead atoms. The Bertz CT molecular complexity index is 73.6. The molecule has 3 heteroatoms. The van der Waals surface area contributed by atoms with Crippen molar-refractivity contribution in [3.63, 3.8) is 0 Å². The first kappa shape index (κ1) is 11.2. The van der Waals surface area contributed by atoms with Gasteiger partial charge in [0, 0.05) is 6.92 Å². The van der Waals surface area contributed by atoms with Gasteiger partial charge in [-0.3, -0.25) is 0 Å². The molecule has 0 aromatic rings. The quantitative estimate of drug-likeness (QED) is 0.565. The minimum Gasteiger partial charge on any atom is -0.394 e. The first-order chi connectivity index (χ1) is 4.22. The lowest BCUT2D eigenvalue weighted by Crippen LogP contribution is -2.08. The summed E-state index contributed by atoms with van der Waals surface area (Å²) in [6.07, 6.45) is 0.126. The summed E-state index contributed by atoms with van der Waals surface area (Å²) in [6, 6.07) is 1.75. The highest BCUT2D eigenvalue weighted by Gasteiger charge is 1.92. The second-order valence-electron chi connectivity index (χ2n) is 1.47. The van der Waals surface area contributed by atoms with Crippen molar-refractivity contribution in [2.24, 2.45) is 0 Å². The number of rotatable bonds is 2. The lowest BCUT2D eigenvalue weighted by molar-refractivity contribution is 0.0923. The van der Waals surface area contributed by atoms with Crippen molar-refractivity contribution in [2.75, 3.05) is 6.61 Å². The highest BCUT2D eigenvalue weighted by molar-refractivity contribution is 4.51. The smallest absolute Gasteiger partial charge is 0.0768 e. The molecule has 54 valence electrons. The summed E-state index contributed by atoms with van der Waals surface area (Å²) >= 11 is 0. The van der Waals surface area contributed by atoms with Gasteiger partial charge in [0.05, 0.1) is 18.8 Å². The van der Waals surface area contributed by atoms with Crippen molar-refractivity contribution in [2.45, 2.75) is 26.4 Å². The van der Waals surface area contributed by atoms with Crippen LogP contribution in [0.1, 0.15) is 20.3 Å². The Morgan fingerprint density at radius 1 is 1.67 bits per heavy atom. The molecular formula is C6H13NO2. The van der Waals surface area contributed by atoms with Gasteiger partial charge in [-0.2, -0.15) is 5.26 Å². The van der Waals surface area contributed by atoms with Crippen LogP contribution in [0.4, 0.5) is 0 Å². The van der Waals surface area contributed by atoms with Gasteiger partial charge in [-0.1, -0.05) is 6.92 Å². The van der Waals surface area contributed by atoms with E-state index < -0.39 is 6.10 Å². The van der Waals surface area contributed by atoms with E-state index in [9.17, 15) is 0 Å². The van der Waals surface area contributed by atoms with E-state index >= 15 is 0 Å². The maximum absolute atomic E-state index is 8.42. The molecule has 0 spiro atoms. The third-order valence-electron chi connectivity index (χ3n) is 0.682. The van der Waals surface area contributed by atoms with Gasteiger partial charge in [0.25, 0.3) is 0 Å². The van der Waals surface area contributed by atoms with Crippen LogP contribution in [0.2, 0.25) is 0 Å². The Morgan fingerprint density at radius 3 is 2.00 bits per heavy atom. The van der Waals surface area contributed by atoms with Gasteiger partial charge in [0.2, 0.25) is 0 Å². The molecule has 3 nitrogen and oxygen atoms in total.